The van der Waals surface area contributed by atoms with Crippen LogP contribution in [0.5, 0.6) is 0 Å². The fraction of sp³-hybridized carbons (Fsp3) is 0.615. The van der Waals surface area contributed by atoms with Crippen molar-refractivity contribution in [2.45, 2.75) is 19.8 Å². The van der Waals surface area contributed by atoms with Crippen LogP contribution in [0.2, 0.25) is 0 Å². The van der Waals surface area contributed by atoms with Crippen molar-refractivity contribution in [1.29, 1.82) is 0 Å². The molecule has 0 saturated heterocycles. The van der Waals surface area contributed by atoms with E-state index in [1.807, 2.05) is 13.8 Å². The zero-order valence-corrected chi connectivity index (χ0v) is 12.7. The summed E-state index contributed by atoms with van der Waals surface area (Å²) in [4.78, 5) is 20.5. The van der Waals surface area contributed by atoms with Crippen molar-refractivity contribution in [2.24, 2.45) is 5.84 Å². The number of nitrogens with two attached hydrogens (primary N) is 1. The van der Waals surface area contributed by atoms with Crippen LogP contribution in [0.1, 0.15) is 36.1 Å². The van der Waals surface area contributed by atoms with Gasteiger partial charge < -0.3 is 20.2 Å². The van der Waals surface area contributed by atoms with Crippen LogP contribution in [0.15, 0.2) is 6.20 Å². The van der Waals surface area contributed by atoms with Crippen molar-refractivity contribution in [2.75, 3.05) is 38.9 Å². The van der Waals surface area contributed by atoms with Crippen LogP contribution in [-0.4, -0.2) is 49.4 Å². The normalized spacial score (nSPS) is 10.7. The molecule has 0 radical (unpaired) electrons. The molecule has 1 aromatic heterocycles. The molecule has 4 N–H and O–H groups in total. The number of carbonyl (C=O) groups excluding carboxylic acids is 1. The van der Waals surface area contributed by atoms with E-state index >= 15 is 0 Å². The van der Waals surface area contributed by atoms with E-state index in [1.165, 1.54) is 6.20 Å². The number of hydrogen-bond donors (Lipinski definition) is 3. The highest BCUT2D eigenvalue weighted by Crippen LogP contribution is 2.15. The zero-order chi connectivity index (χ0) is 15.7. The number of rotatable bonds is 9. The Balaban J connectivity index is 2.57. The van der Waals surface area contributed by atoms with Crippen LogP contribution in [0.3, 0.4) is 0 Å². The highest BCUT2D eigenvalue weighted by Gasteiger charge is 2.15. The van der Waals surface area contributed by atoms with Crippen LogP contribution in [-0.2, 0) is 9.47 Å². The third-order valence-corrected chi connectivity index (χ3v) is 2.66. The molecule has 8 nitrogen and oxygen atoms in total. The SMILES string of the molecule is COCCOCCNC(=O)c1nc(C(C)C)ncc1NN. The predicted molar refractivity (Wildman–Crippen MR) is 79.0 cm³/mol. The Morgan fingerprint density at radius 1 is 1.38 bits per heavy atom. The topological polar surface area (TPSA) is 111 Å². The van der Waals surface area contributed by atoms with E-state index in [2.05, 4.69) is 20.7 Å². The average molecular weight is 297 g/mol. The smallest absolute Gasteiger partial charge is 0.272 e. The summed E-state index contributed by atoms with van der Waals surface area (Å²) in [6, 6.07) is 0. The first-order valence-corrected chi connectivity index (χ1v) is 6.78. The van der Waals surface area contributed by atoms with Crippen molar-refractivity contribution in [3.05, 3.63) is 17.7 Å². The fourth-order valence-electron chi connectivity index (χ4n) is 1.52. The Labute approximate surface area is 124 Å². The lowest BCUT2D eigenvalue weighted by molar-refractivity contribution is 0.0692. The standard InChI is InChI=1S/C13H23N5O3/c1-9(2)12-16-8-10(18-14)11(17-12)13(19)15-4-5-21-7-6-20-3/h8-9,18H,4-7,14H2,1-3H3,(H,15,19). The minimum Gasteiger partial charge on any atom is -0.382 e. The average Bonchev–Trinajstić information content (AvgIpc) is 2.49. The zero-order valence-electron chi connectivity index (χ0n) is 12.7. The number of amides is 1. The van der Waals surface area contributed by atoms with Crippen LogP contribution in [0.4, 0.5) is 5.69 Å². The second-order valence-electron chi connectivity index (χ2n) is 4.65. The summed E-state index contributed by atoms with van der Waals surface area (Å²) >= 11 is 0. The van der Waals surface area contributed by atoms with Crippen molar-refractivity contribution >= 4 is 11.6 Å². The third-order valence-electron chi connectivity index (χ3n) is 2.66. The quantitative estimate of drug-likeness (QED) is 0.341. The van der Waals surface area contributed by atoms with Gasteiger partial charge in [0.2, 0.25) is 0 Å². The van der Waals surface area contributed by atoms with Gasteiger partial charge in [-0.3, -0.25) is 10.6 Å². The first kappa shape index (κ1) is 17.3. The van der Waals surface area contributed by atoms with Crippen LogP contribution >= 0.6 is 0 Å². The minimum atomic E-state index is -0.317. The van der Waals surface area contributed by atoms with Crippen molar-refractivity contribution in [3.63, 3.8) is 0 Å². The molecular formula is C13H23N5O3. The number of nitrogens with one attached hydrogen (secondary N) is 2. The van der Waals surface area contributed by atoms with Crippen molar-refractivity contribution in [3.8, 4) is 0 Å². The molecule has 118 valence electrons. The van der Waals surface area contributed by atoms with Crippen LogP contribution < -0.4 is 16.6 Å². The number of hydrogen-bond acceptors (Lipinski definition) is 7. The molecule has 0 fully saturated rings. The van der Waals surface area contributed by atoms with Gasteiger partial charge in [0.15, 0.2) is 5.69 Å². The van der Waals surface area contributed by atoms with Crippen LogP contribution in [0, 0.1) is 0 Å². The number of ether oxygens (including phenoxy) is 2. The summed E-state index contributed by atoms with van der Waals surface area (Å²) in [5, 5.41) is 2.73. The summed E-state index contributed by atoms with van der Waals surface area (Å²) in [5.74, 6) is 5.78. The van der Waals surface area contributed by atoms with E-state index in [0.29, 0.717) is 37.9 Å². The van der Waals surface area contributed by atoms with E-state index in [0.717, 1.165) is 0 Å². The van der Waals surface area contributed by atoms with Gasteiger partial charge in [-0.1, -0.05) is 13.8 Å². The van der Waals surface area contributed by atoms with E-state index in [4.69, 9.17) is 15.3 Å². The van der Waals surface area contributed by atoms with Crippen LogP contribution in [0.25, 0.3) is 0 Å². The Kier molecular flexibility index (Phi) is 7.59. The molecule has 1 amide bonds. The molecule has 0 aliphatic rings. The summed E-state index contributed by atoms with van der Waals surface area (Å²) in [6.07, 6.45) is 1.51. The van der Waals surface area contributed by atoms with Gasteiger partial charge in [0.25, 0.3) is 5.91 Å². The summed E-state index contributed by atoms with van der Waals surface area (Å²) in [6.45, 7) is 5.72. The maximum atomic E-state index is 12.1. The van der Waals surface area contributed by atoms with Crippen molar-refractivity contribution < 1.29 is 14.3 Å². The largest absolute Gasteiger partial charge is 0.382 e. The monoisotopic (exact) mass is 297 g/mol. The Morgan fingerprint density at radius 2 is 2.14 bits per heavy atom. The summed E-state index contributed by atoms with van der Waals surface area (Å²) in [5.41, 5.74) is 3.04. The number of nitrogens with zero attached hydrogens (tertiary/aromatic N) is 2. The van der Waals surface area contributed by atoms with Gasteiger partial charge in [-0.15, -0.1) is 0 Å². The first-order chi connectivity index (χ1) is 10.1. The molecule has 0 atom stereocenters. The molecule has 1 rings (SSSR count). The van der Waals surface area contributed by atoms with Gasteiger partial charge in [0.05, 0.1) is 31.7 Å². The molecule has 0 aliphatic carbocycles. The molecule has 21 heavy (non-hydrogen) atoms. The van der Waals surface area contributed by atoms with Gasteiger partial charge in [0, 0.05) is 19.6 Å². The number of carbonyl (C=O) groups is 1. The molecule has 1 aromatic rings. The molecule has 0 bridgehead atoms. The Morgan fingerprint density at radius 3 is 2.76 bits per heavy atom. The second-order valence-corrected chi connectivity index (χ2v) is 4.65. The number of aromatic nitrogens is 2. The van der Waals surface area contributed by atoms with Crippen molar-refractivity contribution in [1.82, 2.24) is 15.3 Å². The number of hydrazine groups is 1. The second kappa shape index (κ2) is 9.22. The maximum Gasteiger partial charge on any atom is 0.272 e. The number of anilines is 1. The first-order valence-electron chi connectivity index (χ1n) is 6.78. The molecule has 1 heterocycles. The Hall–Kier alpha value is -1.77. The van der Waals surface area contributed by atoms with Gasteiger partial charge in [-0.05, 0) is 0 Å². The lowest BCUT2D eigenvalue weighted by atomic mass is 10.2. The third kappa shape index (κ3) is 5.62. The molecular weight excluding hydrogens is 274 g/mol. The number of nitrogen functional groups attached to an aromatic ring is 1. The molecule has 0 aliphatic heterocycles. The maximum absolute atomic E-state index is 12.1. The molecule has 0 spiro atoms. The van der Waals surface area contributed by atoms with E-state index in [-0.39, 0.29) is 17.5 Å². The van der Waals surface area contributed by atoms with Gasteiger partial charge in [0.1, 0.15) is 5.82 Å². The molecule has 0 saturated carbocycles. The van der Waals surface area contributed by atoms with E-state index in [1.54, 1.807) is 7.11 Å². The molecule has 8 heteroatoms. The van der Waals surface area contributed by atoms with Gasteiger partial charge in [-0.2, -0.15) is 0 Å². The van der Waals surface area contributed by atoms with E-state index in [9.17, 15) is 4.79 Å². The number of methoxy groups -OCH3 is 1. The fourth-order valence-corrected chi connectivity index (χ4v) is 1.52. The van der Waals surface area contributed by atoms with Gasteiger partial charge >= 0.3 is 0 Å². The highest BCUT2D eigenvalue weighted by molar-refractivity contribution is 5.97. The lowest BCUT2D eigenvalue weighted by Gasteiger charge is -2.11. The minimum absolute atomic E-state index is 0.126. The van der Waals surface area contributed by atoms with Gasteiger partial charge in [-0.25, -0.2) is 9.97 Å². The van der Waals surface area contributed by atoms with E-state index < -0.39 is 0 Å². The summed E-state index contributed by atoms with van der Waals surface area (Å²) in [7, 11) is 1.61. The summed E-state index contributed by atoms with van der Waals surface area (Å²) < 4.78 is 10.1. The molecule has 0 unspecified atom stereocenters. The highest BCUT2D eigenvalue weighted by atomic mass is 16.5. The lowest BCUT2D eigenvalue weighted by Crippen LogP contribution is -2.30. The predicted octanol–water partition coefficient (Wildman–Crippen LogP) is 0.278. The Bertz CT molecular complexity index is 453. The molecule has 0 aromatic carbocycles.